The lowest BCUT2D eigenvalue weighted by molar-refractivity contribution is -0.00841. The number of aryl methyl sites for hydroxylation is 1. The Morgan fingerprint density at radius 1 is 1.42 bits per heavy atom. The minimum absolute atomic E-state index is 0.485. The van der Waals surface area contributed by atoms with Gasteiger partial charge in [-0.15, -0.1) is 0 Å². The molecule has 104 valence electrons. The monoisotopic (exact) mass is 259 g/mol. The molecule has 1 aliphatic heterocycles. The number of rotatable bonds is 5. The zero-order valence-corrected chi connectivity index (χ0v) is 12.1. The third-order valence-electron chi connectivity index (χ3n) is 4.12. The summed E-state index contributed by atoms with van der Waals surface area (Å²) in [5.74, 6) is 0. The first-order chi connectivity index (χ1) is 9.26. The van der Waals surface area contributed by atoms with E-state index in [4.69, 9.17) is 4.74 Å². The molecule has 0 radical (unpaired) electrons. The molecule has 0 aromatic heterocycles. The first-order valence-corrected chi connectivity index (χ1v) is 7.31. The van der Waals surface area contributed by atoms with E-state index in [0.29, 0.717) is 18.8 Å². The van der Waals surface area contributed by atoms with Gasteiger partial charge in [0.2, 0.25) is 0 Å². The fraction of sp³-hybridized carbons (Fsp3) is 0.529. The Morgan fingerprint density at radius 3 is 2.95 bits per heavy atom. The summed E-state index contributed by atoms with van der Waals surface area (Å²) in [6.07, 6.45) is 6.54. The van der Waals surface area contributed by atoms with Crippen molar-refractivity contribution in [2.75, 3.05) is 6.73 Å². The topological polar surface area (TPSA) is 12.5 Å². The Labute approximate surface area is 117 Å². The Morgan fingerprint density at radius 2 is 2.26 bits per heavy atom. The molecule has 1 fully saturated rings. The predicted molar refractivity (Wildman–Crippen MR) is 79.8 cm³/mol. The maximum Gasteiger partial charge on any atom is 0.141 e. The van der Waals surface area contributed by atoms with E-state index in [2.05, 4.69) is 49.6 Å². The van der Waals surface area contributed by atoms with Gasteiger partial charge >= 0.3 is 0 Å². The lowest BCUT2D eigenvalue weighted by atomic mass is 9.90. The van der Waals surface area contributed by atoms with Gasteiger partial charge in [0.1, 0.15) is 6.73 Å². The predicted octanol–water partition coefficient (Wildman–Crippen LogP) is 4.42. The molecule has 0 saturated carbocycles. The van der Waals surface area contributed by atoms with Crippen LogP contribution in [0.3, 0.4) is 0 Å². The highest BCUT2D eigenvalue weighted by Gasteiger charge is 2.30. The number of likely N-dealkylation sites (tertiary alicyclic amines) is 1. The van der Waals surface area contributed by atoms with Gasteiger partial charge in [-0.1, -0.05) is 43.3 Å². The summed E-state index contributed by atoms with van der Waals surface area (Å²) in [7, 11) is 0. The van der Waals surface area contributed by atoms with Crippen molar-refractivity contribution in [1.82, 2.24) is 4.90 Å². The summed E-state index contributed by atoms with van der Waals surface area (Å²) in [6.45, 7) is 8.74. The molecule has 19 heavy (non-hydrogen) atoms. The highest BCUT2D eigenvalue weighted by Crippen LogP contribution is 2.35. The van der Waals surface area contributed by atoms with E-state index in [-0.39, 0.29) is 0 Å². The van der Waals surface area contributed by atoms with E-state index >= 15 is 0 Å². The summed E-state index contributed by atoms with van der Waals surface area (Å²) in [5.41, 5.74) is 2.76. The van der Waals surface area contributed by atoms with Crippen molar-refractivity contribution in [2.24, 2.45) is 0 Å². The smallest absolute Gasteiger partial charge is 0.141 e. The van der Waals surface area contributed by atoms with Gasteiger partial charge in [0.25, 0.3) is 0 Å². The van der Waals surface area contributed by atoms with Crippen LogP contribution in [0, 0.1) is 6.92 Å². The molecule has 0 bridgehead atoms. The maximum absolute atomic E-state index is 5.48. The third-order valence-corrected chi connectivity index (χ3v) is 4.12. The van der Waals surface area contributed by atoms with Crippen LogP contribution in [-0.2, 0) is 4.74 Å². The second-order valence-corrected chi connectivity index (χ2v) is 5.40. The Bertz CT molecular complexity index is 415. The van der Waals surface area contributed by atoms with Gasteiger partial charge in [-0.25, -0.2) is 0 Å². The van der Waals surface area contributed by atoms with Gasteiger partial charge in [0, 0.05) is 12.1 Å². The molecule has 2 nitrogen and oxygen atoms in total. The minimum Gasteiger partial charge on any atom is -0.486 e. The molecule has 2 rings (SSSR count). The molecular formula is C17H25NO. The standard InChI is InChI=1S/C17H25NO/c1-4-16-10-7-11-17(18(16)13-19-5-2)15-9-6-8-14(3)12-15/h5-6,8-9,12,16-17H,2,4,7,10-11,13H2,1,3H3/t16-,17-/m0/s1. The molecule has 2 heteroatoms. The van der Waals surface area contributed by atoms with Crippen molar-refractivity contribution in [3.8, 4) is 0 Å². The van der Waals surface area contributed by atoms with Crippen LogP contribution in [-0.4, -0.2) is 17.7 Å². The first kappa shape index (κ1) is 14.1. The summed E-state index contributed by atoms with van der Waals surface area (Å²) >= 11 is 0. The average molecular weight is 259 g/mol. The second-order valence-electron chi connectivity index (χ2n) is 5.40. The number of nitrogens with zero attached hydrogens (tertiary/aromatic N) is 1. The van der Waals surface area contributed by atoms with Gasteiger partial charge in [-0.2, -0.15) is 0 Å². The fourth-order valence-electron chi connectivity index (χ4n) is 3.14. The number of piperidine rings is 1. The number of hydrogen-bond acceptors (Lipinski definition) is 2. The normalized spacial score (nSPS) is 24.1. The molecular weight excluding hydrogens is 234 g/mol. The molecule has 2 atom stereocenters. The maximum atomic E-state index is 5.48. The first-order valence-electron chi connectivity index (χ1n) is 7.31. The van der Waals surface area contributed by atoms with Crippen LogP contribution in [0.5, 0.6) is 0 Å². The van der Waals surface area contributed by atoms with Crippen molar-refractivity contribution in [3.05, 3.63) is 48.2 Å². The summed E-state index contributed by atoms with van der Waals surface area (Å²) in [6, 6.07) is 9.99. The van der Waals surface area contributed by atoms with E-state index in [1.807, 2.05) is 0 Å². The van der Waals surface area contributed by atoms with E-state index in [9.17, 15) is 0 Å². The lowest BCUT2D eigenvalue weighted by Crippen LogP contribution is -2.42. The molecule has 0 amide bonds. The van der Waals surface area contributed by atoms with Crippen LogP contribution in [0.25, 0.3) is 0 Å². The van der Waals surface area contributed by atoms with Crippen molar-refractivity contribution >= 4 is 0 Å². The molecule has 1 heterocycles. The molecule has 0 aliphatic carbocycles. The van der Waals surface area contributed by atoms with Crippen LogP contribution in [0.15, 0.2) is 37.1 Å². The van der Waals surface area contributed by atoms with E-state index in [1.54, 1.807) is 6.26 Å². The van der Waals surface area contributed by atoms with Crippen molar-refractivity contribution < 1.29 is 4.74 Å². The fourth-order valence-corrected chi connectivity index (χ4v) is 3.14. The van der Waals surface area contributed by atoms with Crippen molar-refractivity contribution in [2.45, 2.75) is 51.6 Å². The van der Waals surface area contributed by atoms with E-state index < -0.39 is 0 Å². The van der Waals surface area contributed by atoms with E-state index in [0.717, 1.165) is 0 Å². The highest BCUT2D eigenvalue weighted by atomic mass is 16.5. The van der Waals surface area contributed by atoms with Crippen LogP contribution in [0.2, 0.25) is 0 Å². The zero-order valence-electron chi connectivity index (χ0n) is 12.1. The van der Waals surface area contributed by atoms with Crippen molar-refractivity contribution in [1.29, 1.82) is 0 Å². The summed E-state index contributed by atoms with van der Waals surface area (Å²) in [5, 5.41) is 0. The van der Waals surface area contributed by atoms with Gasteiger partial charge in [-0.05, 0) is 38.2 Å². The molecule has 0 spiro atoms. The van der Waals surface area contributed by atoms with Gasteiger partial charge in [-0.3, -0.25) is 4.90 Å². The average Bonchev–Trinajstić information content (AvgIpc) is 2.44. The largest absolute Gasteiger partial charge is 0.486 e. The number of hydrogen-bond donors (Lipinski definition) is 0. The SMILES string of the molecule is C=COCN1[C@@H](CC)CCC[C@H]1c1cccc(C)c1. The molecule has 0 N–H and O–H groups in total. The van der Waals surface area contributed by atoms with Gasteiger partial charge < -0.3 is 4.74 Å². The van der Waals surface area contributed by atoms with Gasteiger partial charge in [0.05, 0.1) is 6.26 Å². The Kier molecular flexibility index (Phi) is 5.03. The summed E-state index contributed by atoms with van der Waals surface area (Å²) in [4.78, 5) is 2.50. The molecule has 1 aliphatic rings. The van der Waals surface area contributed by atoms with Crippen LogP contribution >= 0.6 is 0 Å². The Hall–Kier alpha value is -1.28. The molecule has 1 aromatic rings. The molecule has 1 saturated heterocycles. The second kappa shape index (κ2) is 6.76. The third kappa shape index (κ3) is 3.38. The zero-order chi connectivity index (χ0) is 13.7. The van der Waals surface area contributed by atoms with Crippen molar-refractivity contribution in [3.63, 3.8) is 0 Å². The van der Waals surface area contributed by atoms with Crippen LogP contribution in [0.1, 0.15) is 49.8 Å². The Balaban J connectivity index is 2.21. The lowest BCUT2D eigenvalue weighted by Gasteiger charge is -2.41. The van der Waals surface area contributed by atoms with Crippen LogP contribution in [0.4, 0.5) is 0 Å². The molecule has 1 aromatic carbocycles. The summed E-state index contributed by atoms with van der Waals surface area (Å²) < 4.78 is 5.48. The number of ether oxygens (including phenoxy) is 1. The number of benzene rings is 1. The van der Waals surface area contributed by atoms with E-state index in [1.165, 1.54) is 36.8 Å². The highest BCUT2D eigenvalue weighted by molar-refractivity contribution is 5.25. The van der Waals surface area contributed by atoms with Gasteiger partial charge in [0.15, 0.2) is 0 Å². The quantitative estimate of drug-likeness (QED) is 0.726. The van der Waals surface area contributed by atoms with Crippen LogP contribution < -0.4 is 0 Å². The minimum atomic E-state index is 0.485. The molecule has 0 unspecified atom stereocenters.